The normalized spacial score (nSPS) is 21.4. The van der Waals surface area contributed by atoms with E-state index in [1.165, 1.54) is 23.5 Å². The molecule has 0 spiro atoms. The Kier molecular flexibility index (Phi) is 5.10. The van der Waals surface area contributed by atoms with Crippen molar-refractivity contribution in [1.29, 1.82) is 0 Å². The van der Waals surface area contributed by atoms with Crippen LogP contribution in [0, 0.1) is 6.92 Å². The molecule has 2 rings (SSSR count). The van der Waals surface area contributed by atoms with Crippen LogP contribution >= 0.6 is 11.8 Å². The van der Waals surface area contributed by atoms with Crippen LogP contribution < -0.4 is 0 Å². The summed E-state index contributed by atoms with van der Waals surface area (Å²) in [6, 6.07) is 8.91. The molecule has 3 heteroatoms. The summed E-state index contributed by atoms with van der Waals surface area (Å²) in [6.07, 6.45) is 1.78. The van der Waals surface area contributed by atoms with Gasteiger partial charge in [-0.2, -0.15) is 11.8 Å². The minimum absolute atomic E-state index is 0.331. The zero-order chi connectivity index (χ0) is 13.0. The van der Waals surface area contributed by atoms with Crippen molar-refractivity contribution in [3.63, 3.8) is 0 Å². The first kappa shape index (κ1) is 13.9. The predicted octanol–water partition coefficient (Wildman–Crippen LogP) is 2.86. The van der Waals surface area contributed by atoms with Crippen molar-refractivity contribution in [2.75, 3.05) is 25.1 Å². The van der Waals surface area contributed by atoms with Crippen LogP contribution in [0.1, 0.15) is 30.1 Å². The summed E-state index contributed by atoms with van der Waals surface area (Å²) in [5.41, 5.74) is 2.28. The number of thioether (sulfide) groups is 1. The largest absolute Gasteiger partial charge is 0.388 e. The Labute approximate surface area is 114 Å². The average molecular weight is 265 g/mol. The smallest absolute Gasteiger partial charge is 0.0802 e. The van der Waals surface area contributed by atoms with Gasteiger partial charge in [-0.25, -0.2) is 0 Å². The molecule has 2 nitrogen and oxygen atoms in total. The summed E-state index contributed by atoms with van der Waals surface area (Å²) in [7, 11) is 2.18. The Morgan fingerprint density at radius 2 is 2.11 bits per heavy atom. The molecule has 18 heavy (non-hydrogen) atoms. The van der Waals surface area contributed by atoms with Crippen molar-refractivity contribution in [2.45, 2.75) is 31.9 Å². The van der Waals surface area contributed by atoms with Gasteiger partial charge in [0.2, 0.25) is 0 Å². The zero-order valence-electron chi connectivity index (χ0n) is 11.3. The maximum Gasteiger partial charge on any atom is 0.0802 e. The summed E-state index contributed by atoms with van der Waals surface area (Å²) in [4.78, 5) is 2.40. The minimum Gasteiger partial charge on any atom is -0.388 e. The molecule has 1 saturated heterocycles. The fraction of sp³-hybridized carbons (Fsp3) is 0.600. The van der Waals surface area contributed by atoms with Gasteiger partial charge in [-0.05, 0) is 38.1 Å². The molecule has 2 atom stereocenters. The summed E-state index contributed by atoms with van der Waals surface area (Å²) in [6.45, 7) is 3.04. The van der Waals surface area contributed by atoms with Crippen LogP contribution in [0.15, 0.2) is 24.3 Å². The van der Waals surface area contributed by atoms with E-state index < -0.39 is 0 Å². The fourth-order valence-corrected chi connectivity index (χ4v) is 3.63. The van der Waals surface area contributed by atoms with E-state index in [1.807, 2.05) is 23.9 Å². The van der Waals surface area contributed by atoms with Gasteiger partial charge in [0.05, 0.1) is 6.10 Å². The van der Waals surface area contributed by atoms with E-state index in [4.69, 9.17) is 0 Å². The first-order valence-electron chi connectivity index (χ1n) is 6.69. The lowest BCUT2D eigenvalue weighted by Crippen LogP contribution is -2.32. The van der Waals surface area contributed by atoms with Crippen LogP contribution in [0.4, 0.5) is 0 Å². The van der Waals surface area contributed by atoms with Crippen LogP contribution in [0.2, 0.25) is 0 Å². The first-order valence-corrected chi connectivity index (χ1v) is 7.85. The molecule has 1 aliphatic rings. The van der Waals surface area contributed by atoms with Gasteiger partial charge in [0, 0.05) is 18.3 Å². The van der Waals surface area contributed by atoms with E-state index in [1.54, 1.807) is 0 Å². The van der Waals surface area contributed by atoms with Crippen LogP contribution in [0.5, 0.6) is 0 Å². The fourth-order valence-electron chi connectivity index (χ4n) is 2.33. The van der Waals surface area contributed by atoms with Crippen LogP contribution in [-0.4, -0.2) is 41.1 Å². The van der Waals surface area contributed by atoms with Crippen molar-refractivity contribution in [1.82, 2.24) is 4.90 Å². The van der Waals surface area contributed by atoms with Crippen molar-refractivity contribution < 1.29 is 5.11 Å². The highest BCUT2D eigenvalue weighted by atomic mass is 32.2. The lowest BCUT2D eigenvalue weighted by Gasteiger charge is -2.24. The van der Waals surface area contributed by atoms with Gasteiger partial charge >= 0.3 is 0 Å². The Hall–Kier alpha value is -0.510. The molecule has 0 saturated carbocycles. The van der Waals surface area contributed by atoms with E-state index in [-0.39, 0.29) is 6.10 Å². The van der Waals surface area contributed by atoms with Crippen molar-refractivity contribution in [3.8, 4) is 0 Å². The number of benzene rings is 1. The highest BCUT2D eigenvalue weighted by Gasteiger charge is 2.20. The molecule has 0 aliphatic carbocycles. The third-order valence-electron chi connectivity index (χ3n) is 3.75. The molecule has 0 amide bonds. The standard InChI is InChI=1S/C15H23NOS/c1-12-3-5-13(6-4-12)15(17)7-9-16(2)14-8-10-18-11-14/h3-6,14-15,17H,7-11H2,1-2H3. The Balaban J connectivity index is 1.80. The number of aryl methyl sites for hydroxylation is 1. The molecule has 1 N–H and O–H groups in total. The number of hydrogen-bond acceptors (Lipinski definition) is 3. The van der Waals surface area contributed by atoms with Gasteiger partial charge in [-0.3, -0.25) is 0 Å². The Morgan fingerprint density at radius 1 is 1.39 bits per heavy atom. The summed E-state index contributed by atoms with van der Waals surface area (Å²) < 4.78 is 0. The molecule has 0 bridgehead atoms. The van der Waals surface area contributed by atoms with Crippen molar-refractivity contribution in [2.24, 2.45) is 0 Å². The summed E-state index contributed by atoms with van der Waals surface area (Å²) >= 11 is 2.04. The maximum atomic E-state index is 10.2. The number of rotatable bonds is 5. The van der Waals surface area contributed by atoms with Gasteiger partial charge in [0.15, 0.2) is 0 Å². The minimum atomic E-state index is -0.331. The molecule has 0 aromatic heterocycles. The maximum absolute atomic E-state index is 10.2. The van der Waals surface area contributed by atoms with Crippen molar-refractivity contribution >= 4 is 11.8 Å². The van der Waals surface area contributed by atoms with Crippen LogP contribution in [-0.2, 0) is 0 Å². The number of nitrogens with zero attached hydrogens (tertiary/aromatic N) is 1. The molecule has 1 aromatic rings. The number of hydrogen-bond donors (Lipinski definition) is 1. The lowest BCUT2D eigenvalue weighted by molar-refractivity contribution is 0.140. The molecule has 1 fully saturated rings. The highest BCUT2D eigenvalue weighted by Crippen LogP contribution is 2.23. The Morgan fingerprint density at radius 3 is 2.72 bits per heavy atom. The molecule has 0 radical (unpaired) electrons. The molecule has 1 aliphatic heterocycles. The van der Waals surface area contributed by atoms with E-state index in [9.17, 15) is 5.11 Å². The van der Waals surface area contributed by atoms with Gasteiger partial charge in [-0.15, -0.1) is 0 Å². The quantitative estimate of drug-likeness (QED) is 0.885. The molecule has 1 heterocycles. The second-order valence-electron chi connectivity index (χ2n) is 5.21. The van der Waals surface area contributed by atoms with Gasteiger partial charge in [0.1, 0.15) is 0 Å². The highest BCUT2D eigenvalue weighted by molar-refractivity contribution is 7.99. The monoisotopic (exact) mass is 265 g/mol. The lowest BCUT2D eigenvalue weighted by atomic mass is 10.0. The second kappa shape index (κ2) is 6.60. The van der Waals surface area contributed by atoms with E-state index >= 15 is 0 Å². The topological polar surface area (TPSA) is 23.5 Å². The first-order chi connectivity index (χ1) is 8.66. The third-order valence-corrected chi connectivity index (χ3v) is 4.89. The molecule has 100 valence electrons. The summed E-state index contributed by atoms with van der Waals surface area (Å²) in [5.74, 6) is 2.53. The molecular formula is C15H23NOS. The number of aliphatic hydroxyl groups excluding tert-OH is 1. The van der Waals surface area contributed by atoms with E-state index in [0.29, 0.717) is 6.04 Å². The van der Waals surface area contributed by atoms with E-state index in [2.05, 4.69) is 31.0 Å². The molecule has 2 unspecified atom stereocenters. The summed E-state index contributed by atoms with van der Waals surface area (Å²) in [5, 5.41) is 10.2. The zero-order valence-corrected chi connectivity index (χ0v) is 12.1. The van der Waals surface area contributed by atoms with Crippen molar-refractivity contribution in [3.05, 3.63) is 35.4 Å². The number of aliphatic hydroxyl groups is 1. The molecule has 1 aromatic carbocycles. The average Bonchev–Trinajstić information content (AvgIpc) is 2.90. The van der Waals surface area contributed by atoms with Crippen LogP contribution in [0.25, 0.3) is 0 Å². The molecular weight excluding hydrogens is 242 g/mol. The van der Waals surface area contributed by atoms with Crippen LogP contribution in [0.3, 0.4) is 0 Å². The van der Waals surface area contributed by atoms with E-state index in [0.717, 1.165) is 18.5 Å². The third kappa shape index (κ3) is 3.74. The second-order valence-corrected chi connectivity index (χ2v) is 6.36. The van der Waals surface area contributed by atoms with Gasteiger partial charge in [0.25, 0.3) is 0 Å². The van der Waals surface area contributed by atoms with Gasteiger partial charge in [-0.1, -0.05) is 29.8 Å². The Bertz CT molecular complexity index is 359. The van der Waals surface area contributed by atoms with Gasteiger partial charge < -0.3 is 10.0 Å². The SMILES string of the molecule is Cc1ccc(C(O)CCN(C)C2CCSC2)cc1. The predicted molar refractivity (Wildman–Crippen MR) is 79.1 cm³/mol.